The Balaban J connectivity index is 2.88. The van der Waals surface area contributed by atoms with Gasteiger partial charge in [-0.05, 0) is 11.6 Å². The van der Waals surface area contributed by atoms with Crippen LogP contribution in [0.15, 0.2) is 30.3 Å². The van der Waals surface area contributed by atoms with Gasteiger partial charge in [0, 0.05) is 5.56 Å². The van der Waals surface area contributed by atoms with Gasteiger partial charge in [0.05, 0.1) is 0 Å². The molecule has 0 saturated heterocycles. The highest BCUT2D eigenvalue weighted by Gasteiger charge is 2.18. The summed E-state index contributed by atoms with van der Waals surface area (Å²) in [5.74, 6) is 0. The molecule has 68 valence electrons. The lowest BCUT2D eigenvalue weighted by Gasteiger charge is -2.09. The summed E-state index contributed by atoms with van der Waals surface area (Å²) in [5, 5.41) is -0.710. The van der Waals surface area contributed by atoms with Crippen molar-refractivity contribution in [3.8, 4) is 0 Å². The summed E-state index contributed by atoms with van der Waals surface area (Å²) in [6.07, 6.45) is -1.000. The van der Waals surface area contributed by atoms with Crippen molar-refractivity contribution in [2.75, 3.05) is 0 Å². The Hall–Kier alpha value is -1.35. The van der Waals surface area contributed by atoms with Gasteiger partial charge in [0.1, 0.15) is 0 Å². The lowest BCUT2D eigenvalue weighted by atomic mass is 10.1. The van der Waals surface area contributed by atoms with Gasteiger partial charge < -0.3 is 4.74 Å². The van der Waals surface area contributed by atoms with Crippen molar-refractivity contribution in [3.63, 3.8) is 0 Å². The molecule has 3 nitrogen and oxygen atoms in total. The van der Waals surface area contributed by atoms with Crippen LogP contribution in [0.5, 0.6) is 0 Å². The second-order valence-electron chi connectivity index (χ2n) is 2.33. The maximum atomic E-state index is 10.8. The average molecular weight is 199 g/mol. The summed E-state index contributed by atoms with van der Waals surface area (Å²) in [4.78, 5) is 20.9. The summed E-state index contributed by atoms with van der Waals surface area (Å²) in [5.41, 5.74) is 0.564. The van der Waals surface area contributed by atoms with Gasteiger partial charge in [-0.25, -0.2) is 0 Å². The van der Waals surface area contributed by atoms with Crippen molar-refractivity contribution in [3.05, 3.63) is 35.9 Å². The molecule has 0 aromatic heterocycles. The molecular formula is C9H7ClO3. The van der Waals surface area contributed by atoms with Crippen molar-refractivity contribution >= 4 is 23.3 Å². The van der Waals surface area contributed by atoms with Crippen molar-refractivity contribution in [1.29, 1.82) is 0 Å². The molecule has 1 aromatic rings. The van der Waals surface area contributed by atoms with E-state index in [1.807, 2.05) is 0 Å². The first-order valence-corrected chi connectivity index (χ1v) is 3.97. The zero-order chi connectivity index (χ0) is 9.68. The molecule has 13 heavy (non-hydrogen) atoms. The SMILES string of the molecule is O=CO[C@@H](C(=O)Cl)c1ccccc1. The van der Waals surface area contributed by atoms with E-state index in [2.05, 4.69) is 4.74 Å². The molecule has 0 saturated carbocycles. The van der Waals surface area contributed by atoms with Crippen LogP contribution in [-0.4, -0.2) is 11.7 Å². The van der Waals surface area contributed by atoms with Crippen LogP contribution in [0.2, 0.25) is 0 Å². The minimum absolute atomic E-state index is 0.206. The molecule has 4 heteroatoms. The van der Waals surface area contributed by atoms with Crippen LogP contribution < -0.4 is 0 Å². The highest BCUT2D eigenvalue weighted by molar-refractivity contribution is 6.64. The Labute approximate surface area is 80.3 Å². The molecular weight excluding hydrogens is 192 g/mol. The maximum absolute atomic E-state index is 10.8. The third kappa shape index (κ3) is 2.56. The Morgan fingerprint density at radius 2 is 2.00 bits per heavy atom. The minimum Gasteiger partial charge on any atom is -0.450 e. The van der Waals surface area contributed by atoms with Crippen molar-refractivity contribution in [1.82, 2.24) is 0 Å². The van der Waals surface area contributed by atoms with Gasteiger partial charge >= 0.3 is 0 Å². The number of rotatable bonds is 4. The molecule has 0 aliphatic rings. The Kier molecular flexibility index (Phi) is 3.46. The third-order valence-electron chi connectivity index (χ3n) is 1.50. The maximum Gasteiger partial charge on any atom is 0.294 e. The van der Waals surface area contributed by atoms with Crippen LogP contribution in [0, 0.1) is 0 Å². The molecule has 0 N–H and O–H groups in total. The highest BCUT2D eigenvalue weighted by atomic mass is 35.5. The summed E-state index contributed by atoms with van der Waals surface area (Å²) in [7, 11) is 0. The smallest absolute Gasteiger partial charge is 0.294 e. The number of carbonyl (C=O) groups excluding carboxylic acids is 2. The van der Waals surface area contributed by atoms with Crippen LogP contribution in [0.1, 0.15) is 11.7 Å². The van der Waals surface area contributed by atoms with Gasteiger partial charge in [-0.3, -0.25) is 9.59 Å². The molecule has 0 aliphatic carbocycles. The van der Waals surface area contributed by atoms with E-state index in [0.29, 0.717) is 5.56 Å². The van der Waals surface area contributed by atoms with Gasteiger partial charge in [-0.1, -0.05) is 30.3 Å². The molecule has 1 aromatic carbocycles. The fourth-order valence-electron chi connectivity index (χ4n) is 0.946. The standard InChI is InChI=1S/C9H7ClO3/c10-9(12)8(13-6-11)7-4-2-1-3-5-7/h1-6,8H/t8-/m1/s1. The predicted molar refractivity (Wildman–Crippen MR) is 47.2 cm³/mol. The quantitative estimate of drug-likeness (QED) is 0.546. The van der Waals surface area contributed by atoms with E-state index in [4.69, 9.17) is 11.6 Å². The van der Waals surface area contributed by atoms with Gasteiger partial charge in [0.25, 0.3) is 11.7 Å². The molecule has 0 unspecified atom stereocenters. The summed E-state index contributed by atoms with van der Waals surface area (Å²) in [6.45, 7) is 0.206. The second kappa shape index (κ2) is 4.62. The van der Waals surface area contributed by atoms with Gasteiger partial charge in [0.2, 0.25) is 0 Å². The summed E-state index contributed by atoms with van der Waals surface area (Å²) in [6, 6.07) is 8.58. The predicted octanol–water partition coefficient (Wildman–Crippen LogP) is 1.67. The van der Waals surface area contributed by atoms with Crippen LogP contribution in [-0.2, 0) is 14.3 Å². The normalized spacial score (nSPS) is 11.8. The van der Waals surface area contributed by atoms with Crippen LogP contribution >= 0.6 is 11.6 Å². The highest BCUT2D eigenvalue weighted by Crippen LogP contribution is 2.18. The first-order valence-electron chi connectivity index (χ1n) is 3.59. The molecule has 0 radical (unpaired) electrons. The lowest BCUT2D eigenvalue weighted by Crippen LogP contribution is -2.09. The number of halogens is 1. The summed E-state index contributed by atoms with van der Waals surface area (Å²) >= 11 is 5.23. The third-order valence-corrected chi connectivity index (χ3v) is 1.70. The molecule has 0 heterocycles. The monoisotopic (exact) mass is 198 g/mol. The summed E-state index contributed by atoms with van der Waals surface area (Å²) < 4.78 is 4.53. The van der Waals surface area contributed by atoms with Crippen LogP contribution in [0.4, 0.5) is 0 Å². The zero-order valence-corrected chi connectivity index (χ0v) is 7.40. The number of carbonyl (C=O) groups is 2. The van der Waals surface area contributed by atoms with Crippen LogP contribution in [0.25, 0.3) is 0 Å². The van der Waals surface area contributed by atoms with E-state index in [-0.39, 0.29) is 6.47 Å². The topological polar surface area (TPSA) is 43.4 Å². The molecule has 0 bridgehead atoms. The van der Waals surface area contributed by atoms with Gasteiger partial charge in [-0.2, -0.15) is 0 Å². The number of hydrogen-bond acceptors (Lipinski definition) is 3. The number of ether oxygens (including phenoxy) is 1. The molecule has 1 rings (SSSR count). The zero-order valence-electron chi connectivity index (χ0n) is 6.64. The molecule has 0 amide bonds. The molecule has 0 aliphatic heterocycles. The fourth-order valence-corrected chi connectivity index (χ4v) is 1.12. The van der Waals surface area contributed by atoms with Crippen molar-refractivity contribution in [2.45, 2.75) is 6.10 Å². The number of hydrogen-bond donors (Lipinski definition) is 0. The average Bonchev–Trinajstić information content (AvgIpc) is 2.15. The Bertz CT molecular complexity index is 297. The van der Waals surface area contributed by atoms with E-state index in [9.17, 15) is 9.59 Å². The van der Waals surface area contributed by atoms with E-state index < -0.39 is 11.3 Å². The van der Waals surface area contributed by atoms with Crippen molar-refractivity contribution < 1.29 is 14.3 Å². The Morgan fingerprint density at radius 1 is 1.38 bits per heavy atom. The number of benzene rings is 1. The van der Waals surface area contributed by atoms with Gasteiger partial charge in [0.15, 0.2) is 6.10 Å². The van der Waals surface area contributed by atoms with E-state index in [1.54, 1.807) is 30.3 Å². The molecule has 1 atom stereocenters. The molecule has 0 fully saturated rings. The van der Waals surface area contributed by atoms with Crippen LogP contribution in [0.3, 0.4) is 0 Å². The largest absolute Gasteiger partial charge is 0.450 e. The lowest BCUT2D eigenvalue weighted by molar-refractivity contribution is -0.140. The van der Waals surface area contributed by atoms with E-state index >= 15 is 0 Å². The first kappa shape index (κ1) is 9.74. The Morgan fingerprint density at radius 3 is 2.46 bits per heavy atom. The van der Waals surface area contributed by atoms with E-state index in [0.717, 1.165) is 0 Å². The minimum atomic E-state index is -1.000. The fraction of sp³-hybridized carbons (Fsp3) is 0.111. The van der Waals surface area contributed by atoms with Crippen molar-refractivity contribution in [2.24, 2.45) is 0 Å². The van der Waals surface area contributed by atoms with E-state index in [1.165, 1.54) is 0 Å². The first-order chi connectivity index (χ1) is 6.25. The molecule has 0 spiro atoms. The van der Waals surface area contributed by atoms with Gasteiger partial charge in [-0.15, -0.1) is 0 Å². The second-order valence-corrected chi connectivity index (χ2v) is 2.70.